The van der Waals surface area contributed by atoms with Gasteiger partial charge in [-0.25, -0.2) is 9.59 Å². The van der Waals surface area contributed by atoms with Gasteiger partial charge in [0.2, 0.25) is 0 Å². The fourth-order valence-electron chi connectivity index (χ4n) is 2.12. The molecule has 22 heavy (non-hydrogen) atoms. The predicted octanol–water partition coefficient (Wildman–Crippen LogP) is 1.71. The third kappa shape index (κ3) is 6.51. The number of rotatable bonds is 2. The SMILES string of the molecule is CC(C)(C)OC(=O)NC[C@@H]1CN(C(=O)OC(C)(C)C)C[C@@H]1N. The van der Waals surface area contributed by atoms with Crippen LogP contribution in [0.15, 0.2) is 0 Å². The van der Waals surface area contributed by atoms with E-state index in [2.05, 4.69) is 5.32 Å². The first kappa shape index (κ1) is 18.5. The maximum absolute atomic E-state index is 12.0. The molecule has 3 N–H and O–H groups in total. The molecule has 1 aliphatic heterocycles. The van der Waals surface area contributed by atoms with Gasteiger partial charge in [0.15, 0.2) is 0 Å². The van der Waals surface area contributed by atoms with Crippen LogP contribution >= 0.6 is 0 Å². The Morgan fingerprint density at radius 3 is 2.14 bits per heavy atom. The van der Waals surface area contributed by atoms with E-state index in [0.717, 1.165) is 0 Å². The van der Waals surface area contributed by atoms with Crippen molar-refractivity contribution in [1.29, 1.82) is 0 Å². The molecule has 2 atom stereocenters. The lowest BCUT2D eigenvalue weighted by molar-refractivity contribution is 0.0287. The van der Waals surface area contributed by atoms with E-state index in [0.29, 0.717) is 19.6 Å². The van der Waals surface area contributed by atoms with E-state index in [9.17, 15) is 9.59 Å². The van der Waals surface area contributed by atoms with Crippen LogP contribution in [0.1, 0.15) is 41.5 Å². The molecule has 0 aromatic rings. The van der Waals surface area contributed by atoms with Gasteiger partial charge in [-0.1, -0.05) is 0 Å². The van der Waals surface area contributed by atoms with Crippen molar-refractivity contribution in [2.45, 2.75) is 58.8 Å². The summed E-state index contributed by atoms with van der Waals surface area (Å²) in [4.78, 5) is 25.2. The number of nitrogens with one attached hydrogen (secondary N) is 1. The molecule has 0 aromatic carbocycles. The van der Waals surface area contributed by atoms with Gasteiger partial charge in [-0.2, -0.15) is 0 Å². The van der Waals surface area contributed by atoms with E-state index >= 15 is 0 Å². The molecule has 2 amide bonds. The minimum absolute atomic E-state index is 0.0139. The highest BCUT2D eigenvalue weighted by Crippen LogP contribution is 2.18. The lowest BCUT2D eigenvalue weighted by Crippen LogP contribution is -2.40. The van der Waals surface area contributed by atoms with E-state index in [1.165, 1.54) is 0 Å². The summed E-state index contributed by atoms with van der Waals surface area (Å²) < 4.78 is 10.5. The van der Waals surface area contributed by atoms with E-state index < -0.39 is 17.3 Å². The second-order valence-electron chi connectivity index (χ2n) is 7.69. The Morgan fingerprint density at radius 1 is 1.09 bits per heavy atom. The van der Waals surface area contributed by atoms with Crippen LogP contribution < -0.4 is 11.1 Å². The predicted molar refractivity (Wildman–Crippen MR) is 83.5 cm³/mol. The van der Waals surface area contributed by atoms with Crippen LogP contribution in [-0.4, -0.2) is 54.0 Å². The lowest BCUT2D eigenvalue weighted by Gasteiger charge is -2.24. The number of likely N-dealkylation sites (tertiary alicyclic amines) is 1. The van der Waals surface area contributed by atoms with Crippen LogP contribution in [0.4, 0.5) is 9.59 Å². The van der Waals surface area contributed by atoms with Crippen molar-refractivity contribution in [2.24, 2.45) is 11.7 Å². The largest absolute Gasteiger partial charge is 0.444 e. The van der Waals surface area contributed by atoms with Gasteiger partial charge in [0.1, 0.15) is 11.2 Å². The van der Waals surface area contributed by atoms with Gasteiger partial charge in [-0.15, -0.1) is 0 Å². The molecule has 1 rings (SSSR count). The zero-order chi connectivity index (χ0) is 17.1. The van der Waals surface area contributed by atoms with Crippen molar-refractivity contribution in [3.8, 4) is 0 Å². The lowest BCUT2D eigenvalue weighted by atomic mass is 10.1. The molecule has 0 spiro atoms. The van der Waals surface area contributed by atoms with E-state index in [1.807, 2.05) is 20.8 Å². The smallest absolute Gasteiger partial charge is 0.410 e. The minimum Gasteiger partial charge on any atom is -0.444 e. The van der Waals surface area contributed by atoms with Crippen LogP contribution in [0, 0.1) is 5.92 Å². The fraction of sp³-hybridized carbons (Fsp3) is 0.867. The van der Waals surface area contributed by atoms with Crippen molar-refractivity contribution < 1.29 is 19.1 Å². The number of ether oxygens (including phenoxy) is 2. The van der Waals surface area contributed by atoms with Crippen molar-refractivity contribution in [1.82, 2.24) is 10.2 Å². The van der Waals surface area contributed by atoms with Crippen LogP contribution in [-0.2, 0) is 9.47 Å². The fourth-order valence-corrected chi connectivity index (χ4v) is 2.12. The molecule has 0 aliphatic carbocycles. The van der Waals surface area contributed by atoms with Crippen LogP contribution in [0.2, 0.25) is 0 Å². The molecule has 0 bridgehead atoms. The molecule has 1 aliphatic rings. The molecular weight excluding hydrogens is 286 g/mol. The highest BCUT2D eigenvalue weighted by Gasteiger charge is 2.35. The summed E-state index contributed by atoms with van der Waals surface area (Å²) in [5.41, 5.74) is 4.97. The molecule has 0 saturated carbocycles. The normalized spacial score (nSPS) is 22.4. The Hall–Kier alpha value is -1.50. The average Bonchev–Trinajstić information content (AvgIpc) is 2.63. The number of amides is 2. The first-order valence-electron chi connectivity index (χ1n) is 7.58. The first-order chi connectivity index (χ1) is 9.87. The molecule has 1 heterocycles. The molecule has 7 heteroatoms. The summed E-state index contributed by atoms with van der Waals surface area (Å²) in [5, 5.41) is 2.70. The van der Waals surface area contributed by atoms with Gasteiger partial charge < -0.3 is 25.4 Å². The summed E-state index contributed by atoms with van der Waals surface area (Å²) in [6.45, 7) is 12.1. The molecule has 1 saturated heterocycles. The molecular formula is C15H29N3O4. The molecule has 0 aromatic heterocycles. The standard InChI is InChI=1S/C15H29N3O4/c1-14(2,3)21-12(19)17-7-10-8-18(9-11(10)16)13(20)22-15(4,5)6/h10-11H,7-9,16H2,1-6H3,(H,17,19)/t10-,11+/m1/s1. The minimum atomic E-state index is -0.537. The van der Waals surface area contributed by atoms with Crippen LogP contribution in [0.5, 0.6) is 0 Å². The third-order valence-electron chi connectivity index (χ3n) is 3.05. The summed E-state index contributed by atoms with van der Waals surface area (Å²) in [5.74, 6) is -0.0139. The number of carbonyl (C=O) groups is 2. The maximum Gasteiger partial charge on any atom is 0.410 e. The van der Waals surface area contributed by atoms with Crippen molar-refractivity contribution in [2.75, 3.05) is 19.6 Å². The number of hydrogen-bond donors (Lipinski definition) is 2. The van der Waals surface area contributed by atoms with E-state index in [1.54, 1.807) is 25.7 Å². The molecule has 1 fully saturated rings. The number of nitrogens with zero attached hydrogens (tertiary/aromatic N) is 1. The summed E-state index contributed by atoms with van der Waals surface area (Å²) in [6.07, 6.45) is -0.849. The Kier molecular flexibility index (Phi) is 5.67. The Labute approximate surface area is 132 Å². The second kappa shape index (κ2) is 6.73. The van der Waals surface area contributed by atoms with Gasteiger partial charge in [0.25, 0.3) is 0 Å². The monoisotopic (exact) mass is 315 g/mol. The van der Waals surface area contributed by atoms with Crippen molar-refractivity contribution in [3.05, 3.63) is 0 Å². The Balaban J connectivity index is 2.44. The van der Waals surface area contributed by atoms with E-state index in [-0.39, 0.29) is 18.1 Å². The summed E-state index contributed by atoms with van der Waals surface area (Å²) in [7, 11) is 0. The number of alkyl carbamates (subject to hydrolysis) is 1. The Morgan fingerprint density at radius 2 is 1.64 bits per heavy atom. The quantitative estimate of drug-likeness (QED) is 0.809. The van der Waals surface area contributed by atoms with Crippen LogP contribution in [0.3, 0.4) is 0 Å². The topological polar surface area (TPSA) is 93.9 Å². The van der Waals surface area contributed by atoms with E-state index in [4.69, 9.17) is 15.2 Å². The van der Waals surface area contributed by atoms with Crippen molar-refractivity contribution in [3.63, 3.8) is 0 Å². The third-order valence-corrected chi connectivity index (χ3v) is 3.05. The highest BCUT2D eigenvalue weighted by atomic mass is 16.6. The summed E-state index contributed by atoms with van der Waals surface area (Å²) >= 11 is 0. The molecule has 0 unspecified atom stereocenters. The number of carbonyl (C=O) groups excluding carboxylic acids is 2. The first-order valence-corrected chi connectivity index (χ1v) is 7.58. The zero-order valence-electron chi connectivity index (χ0n) is 14.4. The van der Waals surface area contributed by atoms with Gasteiger partial charge >= 0.3 is 12.2 Å². The summed E-state index contributed by atoms with van der Waals surface area (Å²) in [6, 6.07) is -0.192. The zero-order valence-corrected chi connectivity index (χ0v) is 14.4. The Bertz CT molecular complexity index is 412. The second-order valence-corrected chi connectivity index (χ2v) is 7.69. The molecule has 7 nitrogen and oxygen atoms in total. The molecule has 128 valence electrons. The van der Waals surface area contributed by atoms with Gasteiger partial charge in [0, 0.05) is 31.6 Å². The highest BCUT2D eigenvalue weighted by molar-refractivity contribution is 5.69. The number of hydrogen-bond acceptors (Lipinski definition) is 5. The maximum atomic E-state index is 12.0. The van der Waals surface area contributed by atoms with Crippen molar-refractivity contribution >= 4 is 12.2 Å². The van der Waals surface area contributed by atoms with Crippen LogP contribution in [0.25, 0.3) is 0 Å². The van der Waals surface area contributed by atoms with Gasteiger partial charge in [-0.3, -0.25) is 0 Å². The van der Waals surface area contributed by atoms with Gasteiger partial charge in [-0.05, 0) is 41.5 Å². The average molecular weight is 315 g/mol. The molecule has 0 radical (unpaired) electrons. The number of nitrogens with two attached hydrogens (primary N) is 1. The van der Waals surface area contributed by atoms with Gasteiger partial charge in [0.05, 0.1) is 0 Å².